The molecule has 1 saturated heterocycles. The average molecular weight is 426 g/mol. The van der Waals surface area contributed by atoms with E-state index >= 15 is 0 Å². The van der Waals surface area contributed by atoms with Crippen LogP contribution in [-0.4, -0.2) is 76.6 Å². The topological polar surface area (TPSA) is 58.1 Å². The molecule has 1 heterocycles. The van der Waals surface area contributed by atoms with Gasteiger partial charge < -0.3 is 20.1 Å². The van der Waals surface area contributed by atoms with Crippen molar-refractivity contribution in [3.05, 3.63) is 0 Å². The van der Waals surface area contributed by atoms with E-state index in [1.165, 1.54) is 19.3 Å². The minimum absolute atomic E-state index is 0. The van der Waals surface area contributed by atoms with Crippen LogP contribution in [0, 0.1) is 0 Å². The fraction of sp³-hybridized carbons (Fsp3) is 0.933. The van der Waals surface area contributed by atoms with Crippen molar-refractivity contribution < 1.29 is 9.47 Å². The van der Waals surface area contributed by atoms with Gasteiger partial charge in [0.15, 0.2) is 5.96 Å². The minimum Gasteiger partial charge on any atom is -0.383 e. The van der Waals surface area contributed by atoms with Crippen LogP contribution in [0.2, 0.25) is 0 Å². The maximum absolute atomic E-state index is 5.61. The maximum atomic E-state index is 5.61. The largest absolute Gasteiger partial charge is 0.383 e. The lowest BCUT2D eigenvalue weighted by Crippen LogP contribution is -2.44. The van der Waals surface area contributed by atoms with Crippen LogP contribution in [0.5, 0.6) is 0 Å². The van der Waals surface area contributed by atoms with Crippen molar-refractivity contribution in [2.24, 2.45) is 4.99 Å². The van der Waals surface area contributed by atoms with Crippen molar-refractivity contribution in [2.45, 2.75) is 37.8 Å². The number of nitrogens with zero attached hydrogens (tertiary/aromatic N) is 2. The Morgan fingerprint density at radius 3 is 2.68 bits per heavy atom. The lowest BCUT2D eigenvalue weighted by Gasteiger charge is -2.22. The Bertz CT molecular complexity index is 321. The number of nitrogens with one attached hydrogen (secondary N) is 2. The lowest BCUT2D eigenvalue weighted by atomic mass is 10.2. The molecule has 1 aliphatic carbocycles. The first kappa shape index (κ1) is 19.9. The molecule has 0 aromatic rings. The van der Waals surface area contributed by atoms with Gasteiger partial charge in [0.25, 0.3) is 0 Å². The number of ether oxygens (including phenoxy) is 2. The van der Waals surface area contributed by atoms with Crippen molar-refractivity contribution in [1.82, 2.24) is 15.5 Å². The van der Waals surface area contributed by atoms with Gasteiger partial charge in [-0.25, -0.2) is 0 Å². The van der Waals surface area contributed by atoms with Crippen molar-refractivity contribution in [1.29, 1.82) is 0 Å². The van der Waals surface area contributed by atoms with Crippen LogP contribution in [0.4, 0.5) is 0 Å². The number of methoxy groups -OCH3 is 1. The predicted molar refractivity (Wildman–Crippen MR) is 100 cm³/mol. The van der Waals surface area contributed by atoms with Gasteiger partial charge in [0.2, 0.25) is 0 Å². The average Bonchev–Trinajstić information content (AvgIpc) is 3.21. The number of halogens is 1. The van der Waals surface area contributed by atoms with Gasteiger partial charge in [-0.3, -0.25) is 9.89 Å². The van der Waals surface area contributed by atoms with Crippen LogP contribution in [0.15, 0.2) is 4.99 Å². The molecule has 1 saturated carbocycles. The summed E-state index contributed by atoms with van der Waals surface area (Å²) in [4.78, 5) is 6.77. The van der Waals surface area contributed by atoms with Gasteiger partial charge in [-0.15, -0.1) is 24.0 Å². The van der Waals surface area contributed by atoms with E-state index in [2.05, 4.69) is 20.5 Å². The third kappa shape index (κ3) is 7.43. The van der Waals surface area contributed by atoms with Gasteiger partial charge in [0.1, 0.15) is 0 Å². The van der Waals surface area contributed by atoms with E-state index < -0.39 is 0 Å². The first-order chi connectivity index (χ1) is 10.3. The fourth-order valence-electron chi connectivity index (χ4n) is 2.68. The zero-order chi connectivity index (χ0) is 14.9. The second-order valence-electron chi connectivity index (χ2n) is 5.77. The summed E-state index contributed by atoms with van der Waals surface area (Å²) in [5.74, 6) is 0.869. The van der Waals surface area contributed by atoms with Crippen LogP contribution in [-0.2, 0) is 9.47 Å². The van der Waals surface area contributed by atoms with Crippen molar-refractivity contribution >= 4 is 29.9 Å². The highest BCUT2D eigenvalue weighted by Crippen LogP contribution is 2.25. The fourth-order valence-corrected chi connectivity index (χ4v) is 2.68. The summed E-state index contributed by atoms with van der Waals surface area (Å²) >= 11 is 0. The van der Waals surface area contributed by atoms with E-state index in [0.29, 0.717) is 6.10 Å². The molecular formula is C15H31IN4O2. The number of hydrogen-bond donors (Lipinski definition) is 2. The van der Waals surface area contributed by atoms with Crippen LogP contribution in [0.1, 0.15) is 25.7 Å². The van der Waals surface area contributed by atoms with E-state index in [1.807, 2.05) is 7.05 Å². The van der Waals surface area contributed by atoms with Crippen LogP contribution in [0.3, 0.4) is 0 Å². The van der Waals surface area contributed by atoms with E-state index in [-0.39, 0.29) is 24.0 Å². The SMILES string of the molecule is CN=C(NCCN(CCOC)C1CC1)NCC1CCCO1.I. The first-order valence-corrected chi connectivity index (χ1v) is 8.12. The smallest absolute Gasteiger partial charge is 0.191 e. The van der Waals surface area contributed by atoms with Gasteiger partial charge in [-0.2, -0.15) is 0 Å². The number of rotatable bonds is 9. The van der Waals surface area contributed by atoms with E-state index in [0.717, 1.165) is 57.8 Å². The molecule has 0 bridgehead atoms. The number of hydrogen-bond acceptors (Lipinski definition) is 4. The minimum atomic E-state index is 0. The zero-order valence-corrected chi connectivity index (χ0v) is 16.2. The van der Waals surface area contributed by atoms with Crippen LogP contribution < -0.4 is 10.6 Å². The molecular weight excluding hydrogens is 395 g/mol. The monoisotopic (exact) mass is 426 g/mol. The van der Waals surface area contributed by atoms with Crippen molar-refractivity contribution in [2.75, 3.05) is 53.6 Å². The third-order valence-electron chi connectivity index (χ3n) is 4.08. The van der Waals surface area contributed by atoms with Crippen molar-refractivity contribution in [3.8, 4) is 0 Å². The van der Waals surface area contributed by atoms with E-state index in [1.54, 1.807) is 7.11 Å². The summed E-state index contributed by atoms with van der Waals surface area (Å²) in [5, 5.41) is 6.73. The molecule has 7 heteroatoms. The summed E-state index contributed by atoms with van der Waals surface area (Å²) in [6.07, 6.45) is 5.32. The Hall–Kier alpha value is -0.120. The maximum Gasteiger partial charge on any atom is 0.191 e. The molecule has 0 aromatic carbocycles. The second-order valence-corrected chi connectivity index (χ2v) is 5.77. The Kier molecular flexibility index (Phi) is 10.3. The molecule has 2 rings (SSSR count). The summed E-state index contributed by atoms with van der Waals surface area (Å²) in [6.45, 7) is 5.51. The van der Waals surface area contributed by atoms with Gasteiger partial charge in [-0.05, 0) is 25.7 Å². The van der Waals surface area contributed by atoms with Crippen molar-refractivity contribution in [3.63, 3.8) is 0 Å². The molecule has 0 aromatic heterocycles. The standard InChI is InChI=1S/C15H30N4O2.HI/c1-16-15(18-12-14-4-3-10-21-14)17-7-8-19(9-11-20-2)13-5-6-13;/h13-14H,3-12H2,1-2H3,(H2,16,17,18);1H. The van der Waals surface area contributed by atoms with Crippen LogP contribution in [0.25, 0.3) is 0 Å². The molecule has 1 aliphatic heterocycles. The Balaban J connectivity index is 0.00000242. The van der Waals surface area contributed by atoms with Gasteiger partial charge >= 0.3 is 0 Å². The highest BCUT2D eigenvalue weighted by atomic mass is 127. The highest BCUT2D eigenvalue weighted by Gasteiger charge is 2.28. The molecule has 2 N–H and O–H groups in total. The normalized spacial score (nSPS) is 21.8. The van der Waals surface area contributed by atoms with E-state index in [9.17, 15) is 0 Å². The first-order valence-electron chi connectivity index (χ1n) is 8.12. The molecule has 6 nitrogen and oxygen atoms in total. The molecule has 0 spiro atoms. The van der Waals surface area contributed by atoms with E-state index in [4.69, 9.17) is 9.47 Å². The summed E-state index contributed by atoms with van der Waals surface area (Å²) < 4.78 is 10.8. The predicted octanol–water partition coefficient (Wildman–Crippen LogP) is 1.06. The summed E-state index contributed by atoms with van der Waals surface area (Å²) in [5.41, 5.74) is 0. The van der Waals surface area contributed by atoms with Gasteiger partial charge in [-0.1, -0.05) is 0 Å². The Morgan fingerprint density at radius 1 is 1.27 bits per heavy atom. The summed E-state index contributed by atoms with van der Waals surface area (Å²) in [7, 11) is 3.58. The highest BCUT2D eigenvalue weighted by molar-refractivity contribution is 14.0. The molecule has 1 atom stereocenters. The van der Waals surface area contributed by atoms with Gasteiger partial charge in [0, 0.05) is 53.0 Å². The number of guanidine groups is 1. The van der Waals surface area contributed by atoms with Crippen LogP contribution >= 0.6 is 24.0 Å². The quantitative estimate of drug-likeness (QED) is 0.328. The molecule has 130 valence electrons. The third-order valence-corrected chi connectivity index (χ3v) is 4.08. The number of aliphatic imine (C=N–C) groups is 1. The Morgan fingerprint density at radius 2 is 2.09 bits per heavy atom. The molecule has 22 heavy (non-hydrogen) atoms. The molecule has 2 aliphatic rings. The second kappa shape index (κ2) is 11.4. The zero-order valence-electron chi connectivity index (χ0n) is 13.8. The molecule has 1 unspecified atom stereocenters. The molecule has 2 fully saturated rings. The molecule has 0 radical (unpaired) electrons. The van der Waals surface area contributed by atoms with Gasteiger partial charge in [0.05, 0.1) is 12.7 Å². The Labute approximate surface area is 151 Å². The summed E-state index contributed by atoms with van der Waals surface area (Å²) in [6, 6.07) is 0.767. The lowest BCUT2D eigenvalue weighted by molar-refractivity contribution is 0.113. The molecule has 0 amide bonds.